The molecule has 1 aliphatic heterocycles. The lowest BCUT2D eigenvalue weighted by atomic mass is 10.3. The second-order valence-electron chi connectivity index (χ2n) is 5.66. The molecule has 0 aliphatic carbocycles. The van der Waals surface area contributed by atoms with Gasteiger partial charge in [0.05, 0.1) is 11.6 Å². The lowest BCUT2D eigenvalue weighted by Gasteiger charge is -2.20. The number of hydrogen-bond donors (Lipinski definition) is 3. The highest BCUT2D eigenvalue weighted by Gasteiger charge is 2.25. The second kappa shape index (κ2) is 11.3. The second-order valence-corrected chi connectivity index (χ2v) is 6.07. The van der Waals surface area contributed by atoms with Crippen LogP contribution in [0.2, 0.25) is 5.02 Å². The van der Waals surface area contributed by atoms with Crippen LogP contribution in [0.4, 0.5) is 5.82 Å². The Kier molecular flexibility index (Phi) is 9.88. The number of guanidine groups is 1. The van der Waals surface area contributed by atoms with Crippen LogP contribution >= 0.6 is 35.6 Å². The molecule has 3 N–H and O–H groups in total. The first-order valence-corrected chi connectivity index (χ1v) is 8.61. The maximum Gasteiger partial charge on any atom is 0.239 e. The Morgan fingerprint density at radius 2 is 2.28 bits per heavy atom. The van der Waals surface area contributed by atoms with Crippen LogP contribution in [0.3, 0.4) is 0 Å². The Morgan fingerprint density at radius 3 is 2.96 bits per heavy atom. The number of pyridine rings is 1. The highest BCUT2D eigenvalue weighted by molar-refractivity contribution is 14.0. The SMILES string of the molecule is CCCNC(=O)CNC(=NC)NC1CCN(c2ncccc2Cl)C1.I. The number of hydrogen-bond acceptors (Lipinski definition) is 4. The molecule has 1 aromatic heterocycles. The van der Waals surface area contributed by atoms with Gasteiger partial charge in [0.1, 0.15) is 5.82 Å². The average molecular weight is 481 g/mol. The van der Waals surface area contributed by atoms with Crippen molar-refractivity contribution in [2.24, 2.45) is 4.99 Å². The number of amides is 1. The summed E-state index contributed by atoms with van der Waals surface area (Å²) < 4.78 is 0. The first kappa shape index (κ1) is 21.8. The van der Waals surface area contributed by atoms with Crippen molar-refractivity contribution in [3.63, 3.8) is 0 Å². The zero-order chi connectivity index (χ0) is 17.4. The van der Waals surface area contributed by atoms with E-state index >= 15 is 0 Å². The molecular weight excluding hydrogens is 455 g/mol. The third-order valence-corrected chi connectivity index (χ3v) is 4.07. The van der Waals surface area contributed by atoms with Gasteiger partial charge in [-0.1, -0.05) is 18.5 Å². The molecule has 1 aliphatic rings. The van der Waals surface area contributed by atoms with Crippen LogP contribution < -0.4 is 20.9 Å². The van der Waals surface area contributed by atoms with Crippen molar-refractivity contribution in [3.05, 3.63) is 23.4 Å². The quantitative estimate of drug-likeness (QED) is 0.328. The third kappa shape index (κ3) is 6.85. The van der Waals surface area contributed by atoms with Crippen LogP contribution in [0.1, 0.15) is 19.8 Å². The summed E-state index contributed by atoms with van der Waals surface area (Å²) in [5, 5.41) is 9.87. The van der Waals surface area contributed by atoms with Gasteiger partial charge in [0.15, 0.2) is 5.96 Å². The molecule has 2 rings (SSSR count). The molecule has 1 atom stereocenters. The molecule has 9 heteroatoms. The lowest BCUT2D eigenvalue weighted by Crippen LogP contribution is -2.47. The van der Waals surface area contributed by atoms with Crippen molar-refractivity contribution >= 4 is 53.3 Å². The number of halogens is 2. The Bertz CT molecular complexity index is 585. The van der Waals surface area contributed by atoms with E-state index in [1.54, 1.807) is 13.2 Å². The summed E-state index contributed by atoms with van der Waals surface area (Å²) in [6, 6.07) is 3.90. The van der Waals surface area contributed by atoms with Crippen LogP contribution in [0, 0.1) is 0 Å². The normalized spacial score (nSPS) is 17.0. The minimum absolute atomic E-state index is 0. The molecule has 0 radical (unpaired) electrons. The van der Waals surface area contributed by atoms with Crippen LogP contribution in [0.5, 0.6) is 0 Å². The molecule has 0 bridgehead atoms. The standard InChI is InChI=1S/C16H25ClN6O.HI/c1-3-7-19-14(24)10-21-16(18-2)22-12-6-9-23(11-12)15-13(17)5-4-8-20-15;/h4-5,8,12H,3,6-7,9-11H2,1-2H3,(H,19,24)(H2,18,21,22);1H. The number of carbonyl (C=O) groups is 1. The lowest BCUT2D eigenvalue weighted by molar-refractivity contribution is -0.120. The topological polar surface area (TPSA) is 81.6 Å². The van der Waals surface area contributed by atoms with E-state index < -0.39 is 0 Å². The maximum atomic E-state index is 11.6. The van der Waals surface area contributed by atoms with Crippen LogP contribution in [0.15, 0.2) is 23.3 Å². The summed E-state index contributed by atoms with van der Waals surface area (Å²) >= 11 is 6.21. The number of carbonyl (C=O) groups excluding carboxylic acids is 1. The first-order valence-electron chi connectivity index (χ1n) is 8.23. The van der Waals surface area contributed by atoms with E-state index in [1.165, 1.54) is 0 Å². The van der Waals surface area contributed by atoms with Gasteiger partial charge < -0.3 is 20.9 Å². The Balaban J connectivity index is 0.00000312. The smallest absolute Gasteiger partial charge is 0.239 e. The molecule has 1 unspecified atom stereocenters. The minimum atomic E-state index is -0.0342. The van der Waals surface area contributed by atoms with Crippen molar-refractivity contribution in [2.75, 3.05) is 38.1 Å². The van der Waals surface area contributed by atoms with Crippen molar-refractivity contribution in [1.29, 1.82) is 0 Å². The van der Waals surface area contributed by atoms with Gasteiger partial charge in [-0.2, -0.15) is 0 Å². The van der Waals surface area contributed by atoms with Gasteiger partial charge in [0, 0.05) is 38.9 Å². The van der Waals surface area contributed by atoms with Crippen LogP contribution in [-0.4, -0.2) is 56.1 Å². The molecule has 2 heterocycles. The average Bonchev–Trinajstić information content (AvgIpc) is 3.05. The molecule has 0 saturated carbocycles. The van der Waals surface area contributed by atoms with Gasteiger partial charge in [-0.15, -0.1) is 24.0 Å². The van der Waals surface area contributed by atoms with E-state index in [9.17, 15) is 4.79 Å². The van der Waals surface area contributed by atoms with Gasteiger partial charge >= 0.3 is 0 Å². The number of nitrogens with one attached hydrogen (secondary N) is 3. The van der Waals surface area contributed by atoms with Gasteiger partial charge in [-0.05, 0) is 25.0 Å². The van der Waals surface area contributed by atoms with Gasteiger partial charge in [-0.3, -0.25) is 9.79 Å². The van der Waals surface area contributed by atoms with Gasteiger partial charge in [0.25, 0.3) is 0 Å². The Labute approximate surface area is 171 Å². The molecule has 25 heavy (non-hydrogen) atoms. The third-order valence-electron chi connectivity index (χ3n) is 3.78. The number of rotatable bonds is 6. The summed E-state index contributed by atoms with van der Waals surface area (Å²) in [6.07, 6.45) is 3.62. The van der Waals surface area contributed by atoms with Crippen molar-refractivity contribution in [1.82, 2.24) is 20.9 Å². The van der Waals surface area contributed by atoms with E-state index in [4.69, 9.17) is 11.6 Å². The Hall–Kier alpha value is -1.29. The van der Waals surface area contributed by atoms with Crippen molar-refractivity contribution in [2.45, 2.75) is 25.8 Å². The fourth-order valence-electron chi connectivity index (χ4n) is 2.56. The summed E-state index contributed by atoms with van der Waals surface area (Å²) in [7, 11) is 1.70. The van der Waals surface area contributed by atoms with Gasteiger partial charge in [-0.25, -0.2) is 4.98 Å². The van der Waals surface area contributed by atoms with Crippen LogP contribution in [-0.2, 0) is 4.79 Å². The zero-order valence-electron chi connectivity index (χ0n) is 14.6. The van der Waals surface area contributed by atoms with E-state index in [2.05, 4.69) is 30.8 Å². The predicted molar refractivity (Wildman–Crippen MR) is 113 cm³/mol. The van der Waals surface area contributed by atoms with E-state index in [0.29, 0.717) is 17.5 Å². The van der Waals surface area contributed by atoms with Crippen LogP contribution in [0.25, 0.3) is 0 Å². The van der Waals surface area contributed by atoms with E-state index in [1.807, 2.05) is 19.1 Å². The predicted octanol–water partition coefficient (Wildman–Crippen LogP) is 1.62. The highest BCUT2D eigenvalue weighted by atomic mass is 127. The molecule has 1 fully saturated rings. The number of aromatic nitrogens is 1. The molecule has 1 amide bonds. The fourth-order valence-corrected chi connectivity index (χ4v) is 2.80. The summed E-state index contributed by atoms with van der Waals surface area (Å²) in [5.41, 5.74) is 0. The molecule has 140 valence electrons. The van der Waals surface area contributed by atoms with Gasteiger partial charge in [0.2, 0.25) is 5.91 Å². The fraction of sp³-hybridized carbons (Fsp3) is 0.562. The van der Waals surface area contributed by atoms with E-state index in [-0.39, 0.29) is 42.5 Å². The summed E-state index contributed by atoms with van der Waals surface area (Å²) in [6.45, 7) is 4.59. The Morgan fingerprint density at radius 1 is 1.48 bits per heavy atom. The molecule has 1 aromatic rings. The maximum absolute atomic E-state index is 11.6. The number of nitrogens with zero attached hydrogens (tertiary/aromatic N) is 3. The first-order chi connectivity index (χ1) is 11.6. The number of anilines is 1. The molecular formula is C16H26ClIN6O. The highest BCUT2D eigenvalue weighted by Crippen LogP contribution is 2.25. The number of aliphatic imine (C=N–C) groups is 1. The van der Waals surface area contributed by atoms with E-state index in [0.717, 1.165) is 31.7 Å². The molecule has 1 saturated heterocycles. The molecule has 0 aromatic carbocycles. The minimum Gasteiger partial charge on any atom is -0.355 e. The monoisotopic (exact) mass is 480 g/mol. The largest absolute Gasteiger partial charge is 0.355 e. The van der Waals surface area contributed by atoms with Crippen molar-refractivity contribution in [3.8, 4) is 0 Å². The molecule has 7 nitrogen and oxygen atoms in total. The zero-order valence-corrected chi connectivity index (χ0v) is 17.7. The summed E-state index contributed by atoms with van der Waals surface area (Å²) in [4.78, 5) is 22.3. The molecule has 0 spiro atoms. The summed E-state index contributed by atoms with van der Waals surface area (Å²) in [5.74, 6) is 1.40. The van der Waals surface area contributed by atoms with Crippen molar-refractivity contribution < 1.29 is 4.79 Å².